The second-order valence-electron chi connectivity index (χ2n) is 4.35. The van der Waals surface area contributed by atoms with Crippen molar-refractivity contribution < 1.29 is 19.1 Å². The Kier molecular flexibility index (Phi) is 3.47. The molecule has 1 aromatic heterocycles. The van der Waals surface area contributed by atoms with Gasteiger partial charge in [-0.25, -0.2) is 4.79 Å². The number of halogens is 1. The summed E-state index contributed by atoms with van der Waals surface area (Å²) < 4.78 is 6.20. The zero-order chi connectivity index (χ0) is 14.3. The van der Waals surface area contributed by atoms with E-state index in [2.05, 4.69) is 15.9 Å². The van der Waals surface area contributed by atoms with E-state index in [0.717, 1.165) is 4.47 Å². The number of aliphatic carboxylic acids is 1. The summed E-state index contributed by atoms with van der Waals surface area (Å²) in [5.41, 5.74) is 1.00. The Hall–Kier alpha value is -1.47. The molecule has 1 N–H and O–H groups in total. The molecule has 1 atom stereocenters. The third kappa shape index (κ3) is 2.20. The average Bonchev–Trinajstić information content (AvgIpc) is 3.04. The van der Waals surface area contributed by atoms with E-state index >= 15 is 0 Å². The summed E-state index contributed by atoms with van der Waals surface area (Å²) in [4.78, 5) is 25.1. The molecule has 0 bridgehead atoms. The Balaban J connectivity index is 2.00. The number of nitrogens with zero attached hydrogens (tertiary/aromatic N) is 1. The fourth-order valence-electron chi connectivity index (χ4n) is 2.20. The number of thioether (sulfide) groups is 1. The molecule has 2 heterocycles. The van der Waals surface area contributed by atoms with E-state index in [1.165, 1.54) is 22.9 Å². The van der Waals surface area contributed by atoms with Crippen molar-refractivity contribution >= 4 is 50.5 Å². The Morgan fingerprint density at radius 1 is 1.45 bits per heavy atom. The van der Waals surface area contributed by atoms with E-state index in [1.807, 2.05) is 6.07 Å². The minimum Gasteiger partial charge on any atom is -0.479 e. The molecule has 1 amide bonds. The van der Waals surface area contributed by atoms with Crippen LogP contribution in [0.3, 0.4) is 0 Å². The van der Waals surface area contributed by atoms with Crippen LogP contribution in [0.2, 0.25) is 0 Å². The van der Waals surface area contributed by atoms with E-state index in [0.29, 0.717) is 28.8 Å². The summed E-state index contributed by atoms with van der Waals surface area (Å²) in [5, 5.41) is 9.01. The number of benzene rings is 1. The lowest BCUT2D eigenvalue weighted by Gasteiger charge is -2.19. The van der Waals surface area contributed by atoms with E-state index in [4.69, 9.17) is 9.52 Å². The summed E-state index contributed by atoms with van der Waals surface area (Å²) in [6.07, 6.45) is 1.39. The molecule has 0 aliphatic carbocycles. The minimum atomic E-state index is -0.991. The third-order valence-electron chi connectivity index (χ3n) is 3.13. The van der Waals surface area contributed by atoms with Crippen molar-refractivity contribution in [3.8, 4) is 0 Å². The number of fused-ring (bicyclic) bond motifs is 1. The summed E-state index contributed by atoms with van der Waals surface area (Å²) in [6.45, 7) is 0.432. The predicted molar refractivity (Wildman–Crippen MR) is 78.8 cm³/mol. The van der Waals surface area contributed by atoms with Crippen LogP contribution in [-0.2, 0) is 4.79 Å². The van der Waals surface area contributed by atoms with Gasteiger partial charge >= 0.3 is 5.97 Å². The first-order valence-electron chi connectivity index (χ1n) is 5.90. The van der Waals surface area contributed by atoms with Gasteiger partial charge in [-0.15, -0.1) is 11.8 Å². The number of amides is 1. The number of carbonyl (C=O) groups excluding carboxylic acids is 1. The van der Waals surface area contributed by atoms with Gasteiger partial charge in [0.1, 0.15) is 11.8 Å². The Morgan fingerprint density at radius 3 is 3.00 bits per heavy atom. The largest absolute Gasteiger partial charge is 0.479 e. The van der Waals surface area contributed by atoms with Crippen LogP contribution >= 0.6 is 27.7 Å². The van der Waals surface area contributed by atoms with Crippen LogP contribution in [0.4, 0.5) is 0 Å². The zero-order valence-corrected chi connectivity index (χ0v) is 12.6. The molecule has 20 heavy (non-hydrogen) atoms. The van der Waals surface area contributed by atoms with Gasteiger partial charge in [0.2, 0.25) is 0 Å². The van der Waals surface area contributed by atoms with Crippen LogP contribution in [0.1, 0.15) is 10.4 Å². The van der Waals surface area contributed by atoms with Crippen molar-refractivity contribution in [2.75, 3.05) is 12.3 Å². The molecule has 0 radical (unpaired) electrons. The minimum absolute atomic E-state index is 0.306. The second-order valence-corrected chi connectivity index (χ2v) is 6.45. The molecule has 0 saturated carbocycles. The SMILES string of the molecule is O=C(O)C1SCCN1C(=O)c1coc2ccc(Br)cc12. The standard InChI is InChI=1S/C13H10BrNO4S/c14-7-1-2-10-8(5-7)9(6-19-10)11(16)15-3-4-20-12(15)13(17)18/h1-2,5-6,12H,3-4H2,(H,17,18). The quantitative estimate of drug-likeness (QED) is 0.896. The molecule has 5 nitrogen and oxygen atoms in total. The van der Waals surface area contributed by atoms with Crippen molar-refractivity contribution in [2.45, 2.75) is 5.37 Å². The molecule has 104 valence electrons. The van der Waals surface area contributed by atoms with Gasteiger partial charge in [0, 0.05) is 22.2 Å². The molecule has 1 saturated heterocycles. The monoisotopic (exact) mass is 355 g/mol. The summed E-state index contributed by atoms with van der Waals surface area (Å²) >= 11 is 4.61. The van der Waals surface area contributed by atoms with Crippen molar-refractivity contribution in [2.24, 2.45) is 0 Å². The normalized spacial score (nSPS) is 18.6. The molecule has 2 aromatic rings. The number of carbonyl (C=O) groups is 2. The number of furan rings is 1. The molecule has 1 aliphatic rings. The number of hydrogen-bond donors (Lipinski definition) is 1. The number of carboxylic acids is 1. The van der Waals surface area contributed by atoms with Crippen molar-refractivity contribution in [3.63, 3.8) is 0 Å². The summed E-state index contributed by atoms with van der Waals surface area (Å²) in [5.74, 6) is -0.670. The highest BCUT2D eigenvalue weighted by Crippen LogP contribution is 2.30. The summed E-state index contributed by atoms with van der Waals surface area (Å²) in [6, 6.07) is 5.39. The lowest BCUT2D eigenvalue weighted by atomic mass is 10.1. The first kappa shape index (κ1) is 13.5. The van der Waals surface area contributed by atoms with E-state index in [1.54, 1.807) is 12.1 Å². The van der Waals surface area contributed by atoms with Gasteiger partial charge in [-0.2, -0.15) is 0 Å². The molecular weight excluding hydrogens is 346 g/mol. The molecule has 1 aliphatic heterocycles. The number of hydrogen-bond acceptors (Lipinski definition) is 4. The average molecular weight is 356 g/mol. The molecule has 1 aromatic carbocycles. The number of carboxylic acid groups (broad SMARTS) is 1. The van der Waals surface area contributed by atoms with Gasteiger partial charge in [-0.3, -0.25) is 4.79 Å². The molecule has 1 unspecified atom stereocenters. The predicted octanol–water partition coefficient (Wildman–Crippen LogP) is 2.80. The maximum atomic E-state index is 12.5. The topological polar surface area (TPSA) is 70.8 Å². The maximum Gasteiger partial charge on any atom is 0.337 e. The van der Waals surface area contributed by atoms with Crippen molar-refractivity contribution in [1.82, 2.24) is 4.90 Å². The second kappa shape index (κ2) is 5.14. The van der Waals surface area contributed by atoms with Crippen LogP contribution in [0, 0.1) is 0 Å². The van der Waals surface area contributed by atoms with Gasteiger partial charge in [-0.05, 0) is 18.2 Å². The molecular formula is C13H10BrNO4S. The van der Waals surface area contributed by atoms with Gasteiger partial charge in [0.15, 0.2) is 5.37 Å². The molecule has 3 rings (SSSR count). The van der Waals surface area contributed by atoms with Crippen molar-refractivity contribution in [3.05, 3.63) is 34.5 Å². The highest BCUT2D eigenvalue weighted by atomic mass is 79.9. The van der Waals surface area contributed by atoms with Crippen molar-refractivity contribution in [1.29, 1.82) is 0 Å². The zero-order valence-electron chi connectivity index (χ0n) is 10.2. The maximum absolute atomic E-state index is 12.5. The highest BCUT2D eigenvalue weighted by molar-refractivity contribution is 9.10. The van der Waals surface area contributed by atoms with E-state index < -0.39 is 11.3 Å². The van der Waals surface area contributed by atoms with Crippen LogP contribution < -0.4 is 0 Å². The van der Waals surface area contributed by atoms with Crippen LogP contribution in [0.25, 0.3) is 11.0 Å². The van der Waals surface area contributed by atoms with E-state index in [-0.39, 0.29) is 5.91 Å². The summed E-state index contributed by atoms with van der Waals surface area (Å²) in [7, 11) is 0. The molecule has 0 spiro atoms. The fraction of sp³-hybridized carbons (Fsp3) is 0.231. The van der Waals surface area contributed by atoms with Gasteiger partial charge < -0.3 is 14.4 Å². The number of rotatable bonds is 2. The highest BCUT2D eigenvalue weighted by Gasteiger charge is 2.36. The fourth-order valence-corrected chi connectivity index (χ4v) is 3.61. The van der Waals surface area contributed by atoms with Gasteiger partial charge in [0.05, 0.1) is 5.56 Å². The molecule has 7 heteroatoms. The first-order valence-corrected chi connectivity index (χ1v) is 7.74. The van der Waals surface area contributed by atoms with Gasteiger partial charge in [0.25, 0.3) is 5.91 Å². The van der Waals surface area contributed by atoms with E-state index in [9.17, 15) is 9.59 Å². The smallest absolute Gasteiger partial charge is 0.337 e. The Labute approximate surface area is 127 Å². The van der Waals surface area contributed by atoms with Gasteiger partial charge in [-0.1, -0.05) is 15.9 Å². The Bertz CT molecular complexity index is 699. The third-order valence-corrected chi connectivity index (χ3v) is 4.81. The Morgan fingerprint density at radius 2 is 2.25 bits per heavy atom. The first-order chi connectivity index (χ1) is 9.58. The lowest BCUT2D eigenvalue weighted by molar-refractivity contribution is -0.138. The van der Waals surface area contributed by atoms with Crippen LogP contribution in [0.5, 0.6) is 0 Å². The van der Waals surface area contributed by atoms with Crippen LogP contribution in [0.15, 0.2) is 33.4 Å². The van der Waals surface area contributed by atoms with Crippen LogP contribution in [-0.4, -0.2) is 39.6 Å². The molecule has 1 fully saturated rings. The lowest BCUT2D eigenvalue weighted by Crippen LogP contribution is -2.39.